The number of hydrogen-bond donors (Lipinski definition) is 0. The van der Waals surface area contributed by atoms with Gasteiger partial charge in [0.1, 0.15) is 0 Å². The second-order valence-corrected chi connectivity index (χ2v) is 10.4. The van der Waals surface area contributed by atoms with E-state index in [-0.39, 0.29) is 0 Å². The molecule has 3 nitrogen and oxygen atoms in total. The Labute approximate surface area is 214 Å². The van der Waals surface area contributed by atoms with E-state index in [0.29, 0.717) is 0 Å². The summed E-state index contributed by atoms with van der Waals surface area (Å²) < 4.78 is 2.08. The molecule has 5 aromatic rings. The van der Waals surface area contributed by atoms with Gasteiger partial charge in [0, 0.05) is 27.0 Å². The Morgan fingerprint density at radius 1 is 0.559 bits per heavy atom. The van der Waals surface area contributed by atoms with E-state index in [2.05, 4.69) is 116 Å². The maximum absolute atomic E-state index is 4.82. The fourth-order valence-electron chi connectivity index (χ4n) is 5.66. The van der Waals surface area contributed by atoms with Gasteiger partial charge >= 0.3 is 0 Å². The molecule has 1 spiro atoms. The SMILES string of the molecule is Brc1ccc2c(c1)C1(c3cc(Br)ccc3N2c2ccccc2)c2cccnc2-c2ncccc21. The second-order valence-electron chi connectivity index (χ2n) is 8.54. The first-order valence-electron chi connectivity index (χ1n) is 11.1. The van der Waals surface area contributed by atoms with Gasteiger partial charge in [0.2, 0.25) is 0 Å². The number of fused-ring (bicyclic) bond motifs is 9. The lowest BCUT2D eigenvalue weighted by atomic mass is 9.65. The lowest BCUT2D eigenvalue weighted by Gasteiger charge is -2.45. The topological polar surface area (TPSA) is 29.0 Å². The minimum atomic E-state index is -0.531. The molecular formula is C29H17Br2N3. The van der Waals surface area contributed by atoms with Crippen LogP contribution in [0.15, 0.2) is 112 Å². The molecule has 0 atom stereocenters. The fourth-order valence-corrected chi connectivity index (χ4v) is 6.38. The quantitative estimate of drug-likeness (QED) is 0.201. The summed E-state index contributed by atoms with van der Waals surface area (Å²) in [6.07, 6.45) is 3.72. The smallest absolute Gasteiger partial charge is 0.0937 e. The summed E-state index contributed by atoms with van der Waals surface area (Å²) in [5.41, 5.74) is 9.52. The van der Waals surface area contributed by atoms with Crippen LogP contribution in [0.3, 0.4) is 0 Å². The van der Waals surface area contributed by atoms with Crippen molar-refractivity contribution >= 4 is 48.9 Å². The maximum atomic E-state index is 4.82. The van der Waals surface area contributed by atoms with Crippen molar-refractivity contribution in [2.75, 3.05) is 4.90 Å². The van der Waals surface area contributed by atoms with Crippen LogP contribution in [0.1, 0.15) is 22.3 Å². The number of halogens is 2. The molecule has 0 fully saturated rings. The van der Waals surface area contributed by atoms with E-state index >= 15 is 0 Å². The molecule has 0 saturated heterocycles. The van der Waals surface area contributed by atoms with Gasteiger partial charge in [-0.15, -0.1) is 0 Å². The number of aromatic nitrogens is 2. The molecule has 7 rings (SSSR count). The van der Waals surface area contributed by atoms with Gasteiger partial charge in [0.15, 0.2) is 0 Å². The van der Waals surface area contributed by atoms with Gasteiger partial charge in [0.05, 0.1) is 28.2 Å². The zero-order valence-electron chi connectivity index (χ0n) is 17.9. The van der Waals surface area contributed by atoms with Crippen molar-refractivity contribution in [1.82, 2.24) is 9.97 Å². The van der Waals surface area contributed by atoms with E-state index in [1.807, 2.05) is 24.5 Å². The Hall–Kier alpha value is -3.28. The van der Waals surface area contributed by atoms with E-state index in [9.17, 15) is 0 Å². The van der Waals surface area contributed by atoms with Crippen LogP contribution in [0, 0.1) is 0 Å². The van der Waals surface area contributed by atoms with Crippen molar-refractivity contribution in [2.45, 2.75) is 5.41 Å². The van der Waals surface area contributed by atoms with Crippen LogP contribution in [0.4, 0.5) is 17.1 Å². The van der Waals surface area contributed by atoms with Crippen molar-refractivity contribution in [3.05, 3.63) is 135 Å². The molecule has 0 bridgehead atoms. The minimum absolute atomic E-state index is 0.531. The van der Waals surface area contributed by atoms with Crippen molar-refractivity contribution in [1.29, 1.82) is 0 Å². The first kappa shape index (κ1) is 20.1. The Morgan fingerprint density at radius 2 is 1.09 bits per heavy atom. The van der Waals surface area contributed by atoms with E-state index < -0.39 is 5.41 Å². The Balaban J connectivity index is 1.70. The second kappa shape index (κ2) is 7.36. The average Bonchev–Trinajstić information content (AvgIpc) is 3.17. The van der Waals surface area contributed by atoms with Crippen molar-refractivity contribution < 1.29 is 0 Å². The van der Waals surface area contributed by atoms with Crippen LogP contribution in [-0.2, 0) is 5.41 Å². The summed E-state index contributed by atoms with van der Waals surface area (Å²) in [7, 11) is 0. The van der Waals surface area contributed by atoms with Crippen LogP contribution in [0.2, 0.25) is 0 Å². The number of para-hydroxylation sites is 1. The normalized spacial score (nSPS) is 14.4. The highest BCUT2D eigenvalue weighted by Crippen LogP contribution is 2.63. The molecule has 2 aliphatic rings. The lowest BCUT2D eigenvalue weighted by Crippen LogP contribution is -2.36. The van der Waals surface area contributed by atoms with Crippen LogP contribution in [0.5, 0.6) is 0 Å². The molecule has 1 aliphatic heterocycles. The molecule has 5 heteroatoms. The minimum Gasteiger partial charge on any atom is -0.310 e. The summed E-state index contributed by atoms with van der Waals surface area (Å²) in [5.74, 6) is 0. The number of nitrogens with zero attached hydrogens (tertiary/aromatic N) is 3. The number of hydrogen-bond acceptors (Lipinski definition) is 3. The van der Waals surface area contributed by atoms with Crippen molar-refractivity contribution in [3.8, 4) is 11.4 Å². The molecule has 2 aromatic heterocycles. The average molecular weight is 567 g/mol. The lowest BCUT2D eigenvalue weighted by molar-refractivity contribution is 0.748. The number of anilines is 3. The van der Waals surface area contributed by atoms with Gasteiger partial charge in [-0.2, -0.15) is 0 Å². The first-order valence-corrected chi connectivity index (χ1v) is 12.6. The molecule has 0 N–H and O–H groups in total. The van der Waals surface area contributed by atoms with Crippen LogP contribution in [-0.4, -0.2) is 9.97 Å². The molecule has 34 heavy (non-hydrogen) atoms. The third-order valence-electron chi connectivity index (χ3n) is 6.87. The molecule has 1 aliphatic carbocycles. The van der Waals surface area contributed by atoms with Gasteiger partial charge in [-0.3, -0.25) is 9.97 Å². The summed E-state index contributed by atoms with van der Waals surface area (Å²) in [6.45, 7) is 0. The van der Waals surface area contributed by atoms with Gasteiger partial charge in [-0.1, -0.05) is 62.2 Å². The molecule has 0 radical (unpaired) electrons. The fraction of sp³-hybridized carbons (Fsp3) is 0.0345. The van der Waals surface area contributed by atoms with Gasteiger partial charge in [0.25, 0.3) is 0 Å². The summed E-state index contributed by atoms with van der Waals surface area (Å²) in [5, 5.41) is 0. The monoisotopic (exact) mass is 565 g/mol. The zero-order chi connectivity index (χ0) is 22.9. The van der Waals surface area contributed by atoms with Gasteiger partial charge < -0.3 is 4.90 Å². The zero-order valence-corrected chi connectivity index (χ0v) is 21.1. The third-order valence-corrected chi connectivity index (χ3v) is 7.86. The third kappa shape index (κ3) is 2.57. The Morgan fingerprint density at radius 3 is 1.62 bits per heavy atom. The van der Waals surface area contributed by atoms with Crippen molar-refractivity contribution in [2.24, 2.45) is 0 Å². The Bertz CT molecular complexity index is 1500. The number of pyridine rings is 2. The molecule has 0 unspecified atom stereocenters. The maximum Gasteiger partial charge on any atom is 0.0937 e. The molecule has 0 amide bonds. The number of benzene rings is 3. The van der Waals surface area contributed by atoms with Crippen LogP contribution in [0.25, 0.3) is 11.4 Å². The van der Waals surface area contributed by atoms with Crippen molar-refractivity contribution in [3.63, 3.8) is 0 Å². The van der Waals surface area contributed by atoms with E-state index in [0.717, 1.165) is 48.5 Å². The van der Waals surface area contributed by atoms with Crippen LogP contribution < -0.4 is 4.90 Å². The largest absolute Gasteiger partial charge is 0.310 e. The highest BCUT2D eigenvalue weighted by molar-refractivity contribution is 9.10. The summed E-state index contributed by atoms with van der Waals surface area (Å²) in [4.78, 5) is 12.0. The molecule has 3 aromatic carbocycles. The van der Waals surface area contributed by atoms with Crippen LogP contribution >= 0.6 is 31.9 Å². The van der Waals surface area contributed by atoms with Gasteiger partial charge in [-0.05, 0) is 82.9 Å². The van der Waals surface area contributed by atoms with E-state index in [1.165, 1.54) is 11.1 Å². The highest BCUT2D eigenvalue weighted by atomic mass is 79.9. The first-order chi connectivity index (χ1) is 16.7. The highest BCUT2D eigenvalue weighted by Gasteiger charge is 2.53. The molecular weight excluding hydrogens is 550 g/mol. The van der Waals surface area contributed by atoms with E-state index in [4.69, 9.17) is 9.97 Å². The predicted molar refractivity (Wildman–Crippen MR) is 143 cm³/mol. The summed E-state index contributed by atoms with van der Waals surface area (Å²) in [6, 6.07) is 32.2. The molecule has 162 valence electrons. The van der Waals surface area contributed by atoms with E-state index in [1.54, 1.807) is 0 Å². The predicted octanol–water partition coefficient (Wildman–Crippen LogP) is 8.15. The summed E-state index contributed by atoms with van der Waals surface area (Å²) >= 11 is 7.54. The number of rotatable bonds is 1. The van der Waals surface area contributed by atoms with Gasteiger partial charge in [-0.25, -0.2) is 0 Å². The standard InChI is InChI=1S/C29H17Br2N3/c30-18-10-12-25-23(16-18)29(21-8-4-14-32-27(21)28-22(29)9-5-15-33-28)24-17-19(31)11-13-26(24)34(25)20-6-2-1-3-7-20/h1-17H. The molecule has 3 heterocycles. The Kier molecular flexibility index (Phi) is 4.36. The molecule has 0 saturated carbocycles.